The molecule has 0 aliphatic heterocycles. The first-order valence-corrected chi connectivity index (χ1v) is 5.13. The Bertz CT molecular complexity index is 167. The zero-order valence-electron chi connectivity index (χ0n) is 7.86. The van der Waals surface area contributed by atoms with Crippen molar-refractivity contribution >= 4 is 80.2 Å². The fourth-order valence-corrected chi connectivity index (χ4v) is 0. The van der Waals surface area contributed by atoms with Crippen LogP contribution in [0.2, 0.25) is 0 Å². The van der Waals surface area contributed by atoms with Crippen LogP contribution < -0.4 is 15.3 Å². The molecule has 0 aromatic heterocycles. The van der Waals surface area contributed by atoms with Crippen molar-refractivity contribution in [2.75, 3.05) is 17.3 Å². The Hall–Kier alpha value is 0.278. The monoisotopic (exact) mass is 394 g/mol. The Morgan fingerprint density at radius 3 is 0.750 bits per heavy atom. The molecule has 16 heavy (non-hydrogen) atoms. The summed E-state index contributed by atoms with van der Waals surface area (Å²) in [4.78, 5) is 27.5. The Labute approximate surface area is 126 Å². The van der Waals surface area contributed by atoms with Gasteiger partial charge in [-0.1, -0.05) is 0 Å². The van der Waals surface area contributed by atoms with E-state index in [2.05, 4.69) is 37.9 Å². The van der Waals surface area contributed by atoms with Crippen molar-refractivity contribution in [2.24, 2.45) is 0 Å². The van der Waals surface area contributed by atoms with Gasteiger partial charge in [0.2, 0.25) is 0 Å². The van der Waals surface area contributed by atoms with Gasteiger partial charge in [-0.3, -0.25) is 0 Å². The molecule has 0 aliphatic carbocycles. The number of thiol groups is 3. The molecule has 6 nitrogen and oxygen atoms in total. The molecule has 0 aliphatic rings. The predicted molar refractivity (Wildman–Crippen MR) is 62.3 cm³/mol. The first-order chi connectivity index (χ1) is 6.81. The minimum atomic E-state index is -1.13. The van der Waals surface area contributed by atoms with E-state index < -0.39 is 17.9 Å². The molecule has 0 heterocycles. The zero-order chi connectivity index (χ0) is 12.9. The SMILES string of the molecule is O=C([O-])CS.O=C([O-])CS.O=C([O-])CS.[Sb+3]. The summed E-state index contributed by atoms with van der Waals surface area (Å²) in [6.07, 6.45) is 0. The Morgan fingerprint density at radius 2 is 0.750 bits per heavy atom. The van der Waals surface area contributed by atoms with Crippen LogP contribution in [-0.2, 0) is 14.4 Å². The molecule has 0 unspecified atom stereocenters. The minimum Gasteiger partial charge on any atom is -0.549 e. The zero-order valence-corrected chi connectivity index (χ0v) is 13.1. The van der Waals surface area contributed by atoms with Crippen molar-refractivity contribution in [1.29, 1.82) is 0 Å². The number of carboxylic acids is 3. The summed E-state index contributed by atoms with van der Waals surface area (Å²) < 4.78 is 0. The summed E-state index contributed by atoms with van der Waals surface area (Å²) in [5.74, 6) is -3.98. The van der Waals surface area contributed by atoms with Crippen LogP contribution in [0.15, 0.2) is 0 Å². The second kappa shape index (κ2) is 20.7. The second-order valence-electron chi connectivity index (χ2n) is 1.59. The van der Waals surface area contributed by atoms with Gasteiger partial charge < -0.3 is 29.7 Å². The van der Waals surface area contributed by atoms with Gasteiger partial charge in [0.25, 0.3) is 0 Å². The van der Waals surface area contributed by atoms with E-state index in [1.165, 1.54) is 0 Å². The van der Waals surface area contributed by atoms with E-state index in [0.29, 0.717) is 0 Å². The largest absolute Gasteiger partial charge is 3.00 e. The smallest absolute Gasteiger partial charge is 0.549 e. The van der Waals surface area contributed by atoms with E-state index in [1.807, 2.05) is 0 Å². The summed E-state index contributed by atoms with van der Waals surface area (Å²) in [7, 11) is 0. The molecule has 0 spiro atoms. The van der Waals surface area contributed by atoms with Gasteiger partial charge in [0.15, 0.2) is 0 Å². The minimum absolute atomic E-state index is 0. The molecular weight excluding hydrogens is 386 g/mol. The maximum absolute atomic E-state index is 9.18. The van der Waals surface area contributed by atoms with Gasteiger partial charge in [-0.25, -0.2) is 0 Å². The maximum atomic E-state index is 9.18. The van der Waals surface area contributed by atoms with Crippen molar-refractivity contribution in [2.45, 2.75) is 0 Å². The van der Waals surface area contributed by atoms with Crippen LogP contribution in [0.4, 0.5) is 0 Å². The molecular formula is C6H9O6S3Sb. The number of carbonyl (C=O) groups is 3. The van der Waals surface area contributed by atoms with Gasteiger partial charge in [0, 0.05) is 17.3 Å². The summed E-state index contributed by atoms with van der Waals surface area (Å²) in [5, 5.41) is 27.5. The average Bonchev–Trinajstić information content (AvgIpc) is 2.19. The normalized spacial score (nSPS) is 6.94. The predicted octanol–water partition coefficient (Wildman–Crippen LogP) is -4.38. The third kappa shape index (κ3) is 63.9. The van der Waals surface area contributed by atoms with Gasteiger partial charge in [-0.15, -0.1) is 0 Å². The number of hydrogen-bond donors (Lipinski definition) is 3. The molecule has 0 bridgehead atoms. The van der Waals surface area contributed by atoms with Crippen molar-refractivity contribution in [1.82, 2.24) is 0 Å². The van der Waals surface area contributed by atoms with Gasteiger partial charge in [-0.05, 0) is 0 Å². The Balaban J connectivity index is -0.0000000655. The van der Waals surface area contributed by atoms with E-state index in [9.17, 15) is 29.7 Å². The van der Waals surface area contributed by atoms with Gasteiger partial charge in [0.1, 0.15) is 0 Å². The van der Waals surface area contributed by atoms with Crippen LogP contribution in [0.25, 0.3) is 0 Å². The van der Waals surface area contributed by atoms with E-state index in [0.717, 1.165) is 0 Å². The number of rotatable bonds is 3. The molecule has 0 rings (SSSR count). The van der Waals surface area contributed by atoms with Crippen LogP contribution in [0.3, 0.4) is 0 Å². The number of carboxylic acid groups (broad SMARTS) is 3. The number of carbonyl (C=O) groups excluding carboxylic acids is 3. The standard InChI is InChI=1S/3C2H4O2S.Sb/c3*3-2(4)1-5;/h3*5H,1H2,(H,3,4);/q;;;+3/p-3. The van der Waals surface area contributed by atoms with Crippen LogP contribution in [0.1, 0.15) is 0 Å². The number of hydrogen-bond acceptors (Lipinski definition) is 9. The molecule has 10 heteroatoms. The average molecular weight is 395 g/mol. The molecule has 92 valence electrons. The van der Waals surface area contributed by atoms with E-state index in [-0.39, 0.29) is 41.7 Å². The summed E-state index contributed by atoms with van der Waals surface area (Å²) in [6, 6.07) is 0. The first-order valence-electron chi connectivity index (χ1n) is 3.23. The fourth-order valence-electron chi connectivity index (χ4n) is 0. The van der Waals surface area contributed by atoms with Crippen LogP contribution in [0.5, 0.6) is 0 Å². The second-order valence-corrected chi connectivity index (χ2v) is 2.54. The fraction of sp³-hybridized carbons (Fsp3) is 0.500. The maximum Gasteiger partial charge on any atom is 3.00 e. The van der Waals surface area contributed by atoms with Crippen molar-refractivity contribution < 1.29 is 29.7 Å². The van der Waals surface area contributed by atoms with Gasteiger partial charge in [-0.2, -0.15) is 37.9 Å². The molecule has 0 saturated heterocycles. The third-order valence-corrected chi connectivity index (χ3v) is 1.16. The topological polar surface area (TPSA) is 120 Å². The molecule has 2 radical (unpaired) electrons. The Morgan fingerprint density at radius 1 is 0.688 bits per heavy atom. The van der Waals surface area contributed by atoms with Gasteiger partial charge >= 0.3 is 24.4 Å². The quantitative estimate of drug-likeness (QED) is 0.328. The van der Waals surface area contributed by atoms with Crippen LogP contribution >= 0.6 is 37.9 Å². The van der Waals surface area contributed by atoms with E-state index in [4.69, 9.17) is 0 Å². The summed E-state index contributed by atoms with van der Waals surface area (Å²) >= 11 is 10.1. The molecule has 0 aromatic carbocycles. The molecule has 0 fully saturated rings. The number of aliphatic carboxylic acids is 3. The van der Waals surface area contributed by atoms with Crippen molar-refractivity contribution in [3.8, 4) is 0 Å². The molecule has 0 atom stereocenters. The van der Waals surface area contributed by atoms with Crippen molar-refractivity contribution in [3.05, 3.63) is 0 Å². The Kier molecular flexibility index (Phi) is 32.5. The third-order valence-electron chi connectivity index (χ3n) is 0.387. The first kappa shape index (κ1) is 25.2. The van der Waals surface area contributed by atoms with Crippen LogP contribution in [-0.4, -0.2) is 59.6 Å². The van der Waals surface area contributed by atoms with Gasteiger partial charge in [0.05, 0.1) is 17.9 Å². The summed E-state index contributed by atoms with van der Waals surface area (Å²) in [6.45, 7) is 0. The summed E-state index contributed by atoms with van der Waals surface area (Å²) in [5.41, 5.74) is 0. The molecule has 0 amide bonds. The van der Waals surface area contributed by atoms with Crippen LogP contribution in [0, 0.1) is 0 Å². The van der Waals surface area contributed by atoms with E-state index >= 15 is 0 Å². The molecule has 0 N–H and O–H groups in total. The van der Waals surface area contributed by atoms with Crippen molar-refractivity contribution in [3.63, 3.8) is 0 Å². The molecule has 0 saturated carbocycles. The molecule has 0 aromatic rings. The van der Waals surface area contributed by atoms with E-state index in [1.54, 1.807) is 0 Å².